The van der Waals surface area contributed by atoms with Crippen LogP contribution in [0.1, 0.15) is 12.8 Å². The minimum absolute atomic E-state index is 0.0644. The highest BCUT2D eigenvalue weighted by Gasteiger charge is 2.29. The van der Waals surface area contributed by atoms with Gasteiger partial charge in [0.05, 0.1) is 12.5 Å². The minimum Gasteiger partial charge on any atom is -0.481 e. The Morgan fingerprint density at radius 3 is 2.81 bits per heavy atom. The van der Waals surface area contributed by atoms with E-state index in [-0.39, 0.29) is 31.4 Å². The summed E-state index contributed by atoms with van der Waals surface area (Å²) in [6, 6.07) is 7.39. The molecule has 0 radical (unpaired) electrons. The fourth-order valence-corrected chi connectivity index (χ4v) is 3.52. The van der Waals surface area contributed by atoms with Crippen molar-refractivity contribution in [2.24, 2.45) is 5.92 Å². The van der Waals surface area contributed by atoms with Crippen LogP contribution in [0.2, 0.25) is 5.02 Å². The first-order valence-corrected chi connectivity index (χ1v) is 9.22. The monoisotopic (exact) mass is 391 g/mol. The summed E-state index contributed by atoms with van der Waals surface area (Å²) < 4.78 is 1.80. The molecule has 1 N–H and O–H groups in total. The number of hydrogen-bond acceptors (Lipinski definition) is 3. The number of halogens is 1. The number of rotatable bonds is 5. The molecule has 0 aliphatic carbocycles. The standard InChI is InChI=1S/C19H22ClN3O4/c1-21(11-18(25)23-7-2-3-14(10-23)19(26)27)17(24)12-22-8-6-13-4-5-15(20)9-16(13)22/h4-6,8-9,14H,2-3,7,10-12H2,1H3,(H,26,27). The molecule has 8 heteroatoms. The SMILES string of the molecule is CN(CC(=O)N1CCCC(C(=O)O)C1)C(=O)Cn1ccc2ccc(Cl)cc21. The van der Waals surface area contributed by atoms with E-state index in [4.69, 9.17) is 16.7 Å². The lowest BCUT2D eigenvalue weighted by Gasteiger charge is -2.32. The molecule has 1 aromatic heterocycles. The number of carbonyl (C=O) groups is 3. The number of nitrogens with zero attached hydrogens (tertiary/aromatic N) is 3. The normalized spacial score (nSPS) is 17.1. The Labute approximate surface area is 162 Å². The van der Waals surface area contributed by atoms with Crippen LogP contribution in [0.15, 0.2) is 30.5 Å². The van der Waals surface area contributed by atoms with E-state index >= 15 is 0 Å². The molecule has 1 unspecified atom stereocenters. The fraction of sp³-hybridized carbons (Fsp3) is 0.421. The second kappa shape index (κ2) is 8.00. The van der Waals surface area contributed by atoms with Crippen LogP contribution in [0, 0.1) is 5.92 Å². The van der Waals surface area contributed by atoms with Crippen molar-refractivity contribution < 1.29 is 19.5 Å². The molecular formula is C19H22ClN3O4. The number of aromatic nitrogens is 1. The van der Waals surface area contributed by atoms with Gasteiger partial charge in [-0.1, -0.05) is 17.7 Å². The van der Waals surface area contributed by atoms with Crippen LogP contribution in [-0.2, 0) is 20.9 Å². The first kappa shape index (κ1) is 19.2. The molecule has 1 saturated heterocycles. The first-order chi connectivity index (χ1) is 12.8. The molecule has 2 heterocycles. The number of carbonyl (C=O) groups excluding carboxylic acids is 2. The molecule has 7 nitrogen and oxygen atoms in total. The Balaban J connectivity index is 1.60. The van der Waals surface area contributed by atoms with Crippen LogP contribution in [0.5, 0.6) is 0 Å². The molecule has 0 bridgehead atoms. The number of carboxylic acid groups (broad SMARTS) is 1. The number of benzene rings is 1. The predicted molar refractivity (Wildman–Crippen MR) is 102 cm³/mol. The molecule has 0 spiro atoms. The van der Waals surface area contributed by atoms with E-state index in [1.807, 2.05) is 18.3 Å². The third-order valence-electron chi connectivity index (χ3n) is 4.96. The van der Waals surface area contributed by atoms with Gasteiger partial charge in [0.1, 0.15) is 6.54 Å². The lowest BCUT2D eigenvalue weighted by molar-refractivity contribution is -0.147. The van der Waals surface area contributed by atoms with Gasteiger partial charge in [-0.05, 0) is 36.4 Å². The van der Waals surface area contributed by atoms with Crippen molar-refractivity contribution in [2.75, 3.05) is 26.7 Å². The average molecular weight is 392 g/mol. The van der Waals surface area contributed by atoms with Crippen LogP contribution < -0.4 is 0 Å². The molecule has 1 fully saturated rings. The van der Waals surface area contributed by atoms with Crippen molar-refractivity contribution in [2.45, 2.75) is 19.4 Å². The second-order valence-corrected chi connectivity index (χ2v) is 7.35. The van der Waals surface area contributed by atoms with E-state index in [0.717, 1.165) is 10.9 Å². The molecule has 1 atom stereocenters. The van der Waals surface area contributed by atoms with Gasteiger partial charge >= 0.3 is 5.97 Å². The third kappa shape index (κ3) is 4.42. The molecule has 0 saturated carbocycles. The smallest absolute Gasteiger partial charge is 0.308 e. The van der Waals surface area contributed by atoms with E-state index in [1.54, 1.807) is 23.7 Å². The summed E-state index contributed by atoms with van der Waals surface area (Å²) in [6.45, 7) is 0.777. The van der Waals surface area contributed by atoms with Gasteiger partial charge in [-0.25, -0.2) is 0 Å². The largest absolute Gasteiger partial charge is 0.481 e. The number of carboxylic acids is 1. The Morgan fingerprint density at radius 1 is 1.30 bits per heavy atom. The number of hydrogen-bond donors (Lipinski definition) is 1. The molecular weight excluding hydrogens is 370 g/mol. The summed E-state index contributed by atoms with van der Waals surface area (Å²) in [5, 5.41) is 10.7. The summed E-state index contributed by atoms with van der Waals surface area (Å²) in [6.07, 6.45) is 3.06. The van der Waals surface area contributed by atoms with Gasteiger partial charge in [0.25, 0.3) is 0 Å². The zero-order chi connectivity index (χ0) is 19.6. The number of likely N-dealkylation sites (tertiary alicyclic amines) is 1. The van der Waals surface area contributed by atoms with E-state index < -0.39 is 11.9 Å². The van der Waals surface area contributed by atoms with E-state index in [9.17, 15) is 14.4 Å². The lowest BCUT2D eigenvalue weighted by Crippen LogP contribution is -2.47. The highest BCUT2D eigenvalue weighted by molar-refractivity contribution is 6.31. The maximum absolute atomic E-state index is 12.5. The van der Waals surface area contributed by atoms with Crippen molar-refractivity contribution >= 4 is 40.3 Å². The van der Waals surface area contributed by atoms with Gasteiger partial charge < -0.3 is 19.5 Å². The topological polar surface area (TPSA) is 82.9 Å². The summed E-state index contributed by atoms with van der Waals surface area (Å²) in [4.78, 5) is 39.1. The maximum Gasteiger partial charge on any atom is 0.308 e. The van der Waals surface area contributed by atoms with Crippen LogP contribution >= 0.6 is 11.6 Å². The maximum atomic E-state index is 12.5. The molecule has 1 aromatic carbocycles. The van der Waals surface area contributed by atoms with Crippen LogP contribution in [0.25, 0.3) is 10.9 Å². The molecule has 2 amide bonds. The lowest BCUT2D eigenvalue weighted by atomic mass is 9.98. The van der Waals surface area contributed by atoms with Crippen LogP contribution in [0.4, 0.5) is 0 Å². The number of piperidine rings is 1. The van der Waals surface area contributed by atoms with Crippen molar-refractivity contribution in [3.05, 3.63) is 35.5 Å². The highest BCUT2D eigenvalue weighted by atomic mass is 35.5. The highest BCUT2D eigenvalue weighted by Crippen LogP contribution is 2.21. The van der Waals surface area contributed by atoms with E-state index in [1.165, 1.54) is 9.80 Å². The zero-order valence-corrected chi connectivity index (χ0v) is 15.9. The Hall–Kier alpha value is -2.54. The zero-order valence-electron chi connectivity index (χ0n) is 15.1. The quantitative estimate of drug-likeness (QED) is 0.845. The first-order valence-electron chi connectivity index (χ1n) is 8.84. The van der Waals surface area contributed by atoms with Crippen molar-refractivity contribution in [1.82, 2.24) is 14.4 Å². The number of amides is 2. The molecule has 3 rings (SSSR count). The molecule has 1 aliphatic heterocycles. The minimum atomic E-state index is -0.880. The average Bonchev–Trinajstić information content (AvgIpc) is 3.03. The Morgan fingerprint density at radius 2 is 2.07 bits per heavy atom. The van der Waals surface area contributed by atoms with Crippen molar-refractivity contribution in [3.63, 3.8) is 0 Å². The summed E-state index contributed by atoms with van der Waals surface area (Å²) in [5.74, 6) is -1.83. The van der Waals surface area contributed by atoms with Crippen LogP contribution in [0.3, 0.4) is 0 Å². The molecule has 2 aromatic rings. The fourth-order valence-electron chi connectivity index (χ4n) is 3.36. The number of aliphatic carboxylic acids is 1. The van der Waals surface area contributed by atoms with Gasteiger partial charge in [-0.3, -0.25) is 14.4 Å². The van der Waals surface area contributed by atoms with Gasteiger partial charge in [-0.2, -0.15) is 0 Å². The molecule has 1 aliphatic rings. The predicted octanol–water partition coefficient (Wildman–Crippen LogP) is 2.08. The third-order valence-corrected chi connectivity index (χ3v) is 5.20. The van der Waals surface area contributed by atoms with Gasteiger partial charge in [0.2, 0.25) is 11.8 Å². The Bertz CT molecular complexity index is 879. The van der Waals surface area contributed by atoms with Crippen LogP contribution in [-0.4, -0.2) is 63.9 Å². The summed E-state index contributed by atoms with van der Waals surface area (Å²) in [5.41, 5.74) is 0.857. The van der Waals surface area contributed by atoms with Gasteiger partial charge in [0, 0.05) is 36.9 Å². The summed E-state index contributed by atoms with van der Waals surface area (Å²) in [7, 11) is 1.58. The Kier molecular flexibility index (Phi) is 5.70. The molecule has 144 valence electrons. The number of likely N-dealkylation sites (N-methyl/N-ethyl adjacent to an activating group) is 1. The van der Waals surface area contributed by atoms with Gasteiger partial charge in [0.15, 0.2) is 0 Å². The summed E-state index contributed by atoms with van der Waals surface area (Å²) >= 11 is 6.03. The van der Waals surface area contributed by atoms with Crippen molar-refractivity contribution in [3.8, 4) is 0 Å². The second-order valence-electron chi connectivity index (χ2n) is 6.91. The van der Waals surface area contributed by atoms with Gasteiger partial charge in [-0.15, -0.1) is 0 Å². The van der Waals surface area contributed by atoms with E-state index in [0.29, 0.717) is 24.4 Å². The molecule has 27 heavy (non-hydrogen) atoms. The number of fused-ring (bicyclic) bond motifs is 1. The van der Waals surface area contributed by atoms with Crippen molar-refractivity contribution in [1.29, 1.82) is 0 Å². The van der Waals surface area contributed by atoms with E-state index in [2.05, 4.69) is 0 Å².